The molecule has 6 heteroatoms. The van der Waals surface area contributed by atoms with Gasteiger partial charge < -0.3 is 4.74 Å². The van der Waals surface area contributed by atoms with Gasteiger partial charge in [-0.1, -0.05) is 38.2 Å². The molecule has 1 aliphatic carbocycles. The minimum absolute atomic E-state index is 0.173. The third kappa shape index (κ3) is 4.63. The lowest BCUT2D eigenvalue weighted by atomic mass is 9.87. The molecule has 1 aromatic carbocycles. The zero-order chi connectivity index (χ0) is 20.5. The summed E-state index contributed by atoms with van der Waals surface area (Å²) in [6, 6.07) is 4.77. The minimum atomic E-state index is -2.49. The average Bonchev–Trinajstić information content (AvgIpc) is 2.95. The number of rotatable bonds is 5. The molecule has 2 amide bonds. The first-order valence-corrected chi connectivity index (χ1v) is 9.44. The number of hydrogen-bond acceptors (Lipinski definition) is 4. The molecule has 0 bridgehead atoms. The Morgan fingerprint density at radius 3 is 2.79 bits per heavy atom. The average molecular weight is 414 g/mol. The minimum Gasteiger partial charge on any atom is -0.492 e. The highest BCUT2D eigenvalue weighted by atomic mass is 79.9. The van der Waals surface area contributed by atoms with Crippen molar-refractivity contribution in [3.8, 4) is 5.75 Å². The van der Waals surface area contributed by atoms with Gasteiger partial charge in [-0.15, -0.1) is 0 Å². The molecule has 24 heavy (non-hydrogen) atoms. The van der Waals surface area contributed by atoms with Gasteiger partial charge in [0.05, 0.1) is 18.7 Å². The predicted octanol–water partition coefficient (Wildman–Crippen LogP) is 5.12. The lowest BCUT2D eigenvalue weighted by molar-refractivity contribution is -0.115. The van der Waals surface area contributed by atoms with Crippen LogP contribution in [0.5, 0.6) is 5.75 Å². The van der Waals surface area contributed by atoms with E-state index in [9.17, 15) is 9.59 Å². The van der Waals surface area contributed by atoms with Gasteiger partial charge >= 0.3 is 0 Å². The molecule has 1 heterocycles. The van der Waals surface area contributed by atoms with E-state index in [4.69, 9.17) is 10.2 Å². The highest BCUT2D eigenvalue weighted by molar-refractivity contribution is 9.10. The molecule has 1 aliphatic heterocycles. The number of hydrogen-bond donors (Lipinski definition) is 1. The molecular weight excluding hydrogens is 390 g/mol. The quantitative estimate of drug-likeness (QED) is 0.680. The maximum absolute atomic E-state index is 11.6. The Morgan fingerprint density at radius 2 is 2.12 bits per heavy atom. The second-order valence-electron chi connectivity index (χ2n) is 5.73. The van der Waals surface area contributed by atoms with E-state index in [1.54, 1.807) is 18.2 Å². The lowest BCUT2D eigenvalue weighted by Gasteiger charge is -2.21. The van der Waals surface area contributed by atoms with Gasteiger partial charge in [0.15, 0.2) is 0 Å². The lowest BCUT2D eigenvalue weighted by Crippen LogP contribution is -2.17. The highest BCUT2D eigenvalue weighted by Gasteiger charge is 2.25. The van der Waals surface area contributed by atoms with Crippen LogP contribution in [0, 0.1) is 5.92 Å². The number of carbonyl (C=O) groups excluding carboxylic acids is 2. The fourth-order valence-electron chi connectivity index (χ4n) is 2.68. The number of thioether (sulfide) groups is 1. The van der Waals surface area contributed by atoms with Crippen LogP contribution >= 0.6 is 27.7 Å². The van der Waals surface area contributed by atoms with Crippen molar-refractivity contribution >= 4 is 44.9 Å². The zero-order valence-electron chi connectivity index (χ0n) is 16.9. The Bertz CT molecular complexity index is 825. The second kappa shape index (κ2) is 8.21. The summed E-state index contributed by atoms with van der Waals surface area (Å²) in [5.41, 5.74) is 0.627. The standard InChI is InChI=1S/C18H20BrNO3S/c19-14-10-13(11-16-17(21)20-18(22)24-16)6-7-15(14)23-9-8-12-4-2-1-3-5-12/h6-7,10-12H,1-5,8-9H2,(H,20,21,22)/b16-11+/i8D2,9D2. The Labute approximate surface area is 160 Å². The largest absolute Gasteiger partial charge is 0.492 e. The van der Waals surface area contributed by atoms with Crippen LogP contribution in [0.1, 0.15) is 49.5 Å². The van der Waals surface area contributed by atoms with Crippen LogP contribution in [0.3, 0.4) is 0 Å². The molecule has 1 saturated heterocycles. The Balaban J connectivity index is 1.77. The van der Waals surface area contributed by atoms with Crippen molar-refractivity contribution in [2.75, 3.05) is 6.56 Å². The summed E-state index contributed by atoms with van der Waals surface area (Å²) >= 11 is 4.13. The zero-order valence-corrected chi connectivity index (χ0v) is 15.3. The smallest absolute Gasteiger partial charge is 0.290 e. The molecule has 1 aromatic rings. The van der Waals surface area contributed by atoms with Gasteiger partial charge in [-0.3, -0.25) is 14.9 Å². The van der Waals surface area contributed by atoms with Crippen molar-refractivity contribution < 1.29 is 19.8 Å². The van der Waals surface area contributed by atoms with E-state index in [-0.39, 0.29) is 16.6 Å². The summed E-state index contributed by atoms with van der Waals surface area (Å²) in [5.74, 6) is -0.663. The van der Waals surface area contributed by atoms with Gasteiger partial charge in [0.2, 0.25) is 0 Å². The molecule has 0 spiro atoms. The third-order valence-corrected chi connectivity index (χ3v) is 5.36. The van der Waals surface area contributed by atoms with Crippen LogP contribution in [0.2, 0.25) is 0 Å². The van der Waals surface area contributed by atoms with Crippen molar-refractivity contribution in [3.63, 3.8) is 0 Å². The summed E-state index contributed by atoms with van der Waals surface area (Å²) in [5, 5.41) is 1.76. The summed E-state index contributed by atoms with van der Waals surface area (Å²) < 4.78 is 39.0. The third-order valence-electron chi connectivity index (χ3n) is 3.92. The van der Waals surface area contributed by atoms with Crippen molar-refractivity contribution in [1.82, 2.24) is 5.32 Å². The van der Waals surface area contributed by atoms with Crippen LogP contribution in [0.4, 0.5) is 4.79 Å². The number of carbonyl (C=O) groups is 2. The molecule has 128 valence electrons. The van der Waals surface area contributed by atoms with Gasteiger partial charge in [0.1, 0.15) is 5.75 Å². The number of halogens is 1. The van der Waals surface area contributed by atoms with Crippen LogP contribution in [-0.4, -0.2) is 17.7 Å². The first kappa shape index (κ1) is 13.0. The summed E-state index contributed by atoms with van der Waals surface area (Å²) in [6.07, 6.45) is 3.61. The number of benzene rings is 1. The van der Waals surface area contributed by atoms with E-state index in [0.29, 0.717) is 22.9 Å². The molecule has 0 radical (unpaired) electrons. The normalized spacial score (nSPS) is 24.1. The van der Waals surface area contributed by atoms with E-state index >= 15 is 0 Å². The fourth-order valence-corrected chi connectivity index (χ4v) is 3.84. The number of nitrogens with one attached hydrogen (secondary N) is 1. The maximum Gasteiger partial charge on any atom is 0.290 e. The van der Waals surface area contributed by atoms with E-state index < -0.39 is 24.1 Å². The fraction of sp³-hybridized carbons (Fsp3) is 0.444. The van der Waals surface area contributed by atoms with E-state index in [2.05, 4.69) is 21.2 Å². The van der Waals surface area contributed by atoms with Gasteiger partial charge in [-0.25, -0.2) is 0 Å². The molecule has 1 saturated carbocycles. The molecule has 0 atom stereocenters. The molecule has 0 aromatic heterocycles. The molecular formula is C18H20BrNO3S. The van der Waals surface area contributed by atoms with Gasteiger partial charge in [0, 0.05) is 2.74 Å². The topological polar surface area (TPSA) is 55.4 Å². The van der Waals surface area contributed by atoms with Crippen molar-refractivity contribution in [2.24, 2.45) is 5.92 Å². The van der Waals surface area contributed by atoms with Crippen LogP contribution in [0.25, 0.3) is 6.08 Å². The molecule has 1 N–H and O–H groups in total. The molecule has 3 rings (SSSR count). The first-order chi connectivity index (χ1) is 13.1. The van der Waals surface area contributed by atoms with Crippen molar-refractivity contribution in [3.05, 3.63) is 33.1 Å². The van der Waals surface area contributed by atoms with Crippen molar-refractivity contribution in [2.45, 2.75) is 38.5 Å². The second-order valence-corrected chi connectivity index (χ2v) is 7.59. The van der Waals surface area contributed by atoms with Crippen LogP contribution in [-0.2, 0) is 4.79 Å². The Kier molecular flexibility index (Phi) is 4.45. The van der Waals surface area contributed by atoms with Gasteiger partial charge in [-0.05, 0) is 63.8 Å². The SMILES string of the molecule is [2H]C([2H])(Oc1ccc(/C=C2/SC(=O)NC2=O)cc1Br)C([2H])([2H])C1CCCCC1. The van der Waals surface area contributed by atoms with E-state index in [1.165, 1.54) is 6.07 Å². The first-order valence-electron chi connectivity index (χ1n) is 9.83. The number of amides is 2. The van der Waals surface area contributed by atoms with Gasteiger partial charge in [-0.2, -0.15) is 0 Å². The summed E-state index contributed by atoms with van der Waals surface area (Å²) in [7, 11) is 0. The number of imide groups is 1. The monoisotopic (exact) mass is 413 g/mol. The van der Waals surface area contributed by atoms with Gasteiger partial charge in [0.25, 0.3) is 11.1 Å². The molecule has 4 nitrogen and oxygen atoms in total. The van der Waals surface area contributed by atoms with E-state index in [1.807, 2.05) is 0 Å². The van der Waals surface area contributed by atoms with Crippen LogP contribution < -0.4 is 10.1 Å². The Morgan fingerprint density at radius 1 is 1.33 bits per heavy atom. The molecule has 2 fully saturated rings. The highest BCUT2D eigenvalue weighted by Crippen LogP contribution is 2.31. The summed E-state index contributed by atoms with van der Waals surface area (Å²) in [6.45, 7) is -2.49. The van der Waals surface area contributed by atoms with Crippen molar-refractivity contribution in [1.29, 1.82) is 0 Å². The Hall–Kier alpha value is -1.27. The molecule has 2 aliphatic rings. The molecule has 0 unspecified atom stereocenters. The van der Waals surface area contributed by atoms with Crippen LogP contribution in [0.15, 0.2) is 27.6 Å². The maximum atomic E-state index is 11.6. The van der Waals surface area contributed by atoms with E-state index in [0.717, 1.165) is 31.0 Å². The number of ether oxygens (including phenoxy) is 1. The summed E-state index contributed by atoms with van der Waals surface area (Å²) in [4.78, 5) is 23.2. The predicted molar refractivity (Wildman–Crippen MR) is 99.9 cm³/mol.